The SMILES string of the molecule is O=S(=O)(NCCOCC(F)F)c1csc(CNC2CC2)c1. The maximum Gasteiger partial charge on any atom is 0.261 e. The largest absolute Gasteiger partial charge is 0.374 e. The minimum Gasteiger partial charge on any atom is -0.374 e. The van der Waals surface area contributed by atoms with E-state index in [1.54, 1.807) is 11.4 Å². The van der Waals surface area contributed by atoms with Gasteiger partial charge in [-0.3, -0.25) is 0 Å². The van der Waals surface area contributed by atoms with Crippen LogP contribution in [0, 0.1) is 0 Å². The third-order valence-corrected chi connectivity index (χ3v) is 5.39. The summed E-state index contributed by atoms with van der Waals surface area (Å²) < 4.78 is 54.5. The molecule has 1 aliphatic carbocycles. The lowest BCUT2D eigenvalue weighted by Crippen LogP contribution is -2.27. The van der Waals surface area contributed by atoms with Crippen molar-refractivity contribution < 1.29 is 21.9 Å². The molecule has 5 nitrogen and oxygen atoms in total. The normalized spacial score (nSPS) is 15.8. The van der Waals surface area contributed by atoms with Crippen LogP contribution in [0.5, 0.6) is 0 Å². The number of alkyl halides is 2. The average Bonchev–Trinajstić information content (AvgIpc) is 3.11. The molecule has 0 spiro atoms. The zero-order chi connectivity index (χ0) is 15.3. The number of ether oxygens (including phenoxy) is 1. The Kier molecular flexibility index (Phi) is 6.06. The molecule has 0 atom stereocenters. The van der Waals surface area contributed by atoms with Crippen molar-refractivity contribution in [3.8, 4) is 0 Å². The molecule has 0 bridgehead atoms. The Morgan fingerprint density at radius 1 is 1.43 bits per heavy atom. The van der Waals surface area contributed by atoms with Crippen LogP contribution in [-0.2, 0) is 21.3 Å². The molecule has 0 saturated heterocycles. The van der Waals surface area contributed by atoms with Gasteiger partial charge in [0.05, 0.1) is 11.5 Å². The highest BCUT2D eigenvalue weighted by atomic mass is 32.2. The lowest BCUT2D eigenvalue weighted by molar-refractivity contribution is 0.0199. The van der Waals surface area contributed by atoms with E-state index in [1.807, 2.05) is 0 Å². The molecule has 9 heteroatoms. The van der Waals surface area contributed by atoms with Crippen LogP contribution in [0.4, 0.5) is 8.78 Å². The summed E-state index contributed by atoms with van der Waals surface area (Å²) in [5, 5.41) is 4.89. The van der Waals surface area contributed by atoms with Crippen LogP contribution in [0.1, 0.15) is 17.7 Å². The fourth-order valence-electron chi connectivity index (χ4n) is 1.63. The van der Waals surface area contributed by atoms with E-state index in [4.69, 9.17) is 0 Å². The first-order valence-corrected chi connectivity index (χ1v) is 9.00. The average molecular weight is 340 g/mol. The predicted octanol–water partition coefficient (Wildman–Crippen LogP) is 1.56. The smallest absolute Gasteiger partial charge is 0.261 e. The lowest BCUT2D eigenvalue weighted by Gasteiger charge is -2.05. The molecule has 21 heavy (non-hydrogen) atoms. The van der Waals surface area contributed by atoms with Gasteiger partial charge in [-0.05, 0) is 18.9 Å². The second-order valence-corrected chi connectivity index (χ2v) is 7.53. The Hall–Kier alpha value is -0.610. The molecule has 1 aromatic heterocycles. The van der Waals surface area contributed by atoms with Gasteiger partial charge in [0.15, 0.2) is 0 Å². The quantitative estimate of drug-likeness (QED) is 0.635. The van der Waals surface area contributed by atoms with Crippen LogP contribution < -0.4 is 10.0 Å². The highest BCUT2D eigenvalue weighted by molar-refractivity contribution is 7.89. The summed E-state index contributed by atoms with van der Waals surface area (Å²) in [5.41, 5.74) is 0. The Morgan fingerprint density at radius 3 is 2.86 bits per heavy atom. The van der Waals surface area contributed by atoms with Crippen molar-refractivity contribution >= 4 is 21.4 Å². The minimum absolute atomic E-state index is 0.0272. The van der Waals surface area contributed by atoms with Crippen LogP contribution in [0.3, 0.4) is 0 Å². The fraction of sp³-hybridized carbons (Fsp3) is 0.667. The second kappa shape index (κ2) is 7.59. The van der Waals surface area contributed by atoms with Crippen molar-refractivity contribution in [3.05, 3.63) is 16.3 Å². The molecule has 0 aliphatic heterocycles. The van der Waals surface area contributed by atoms with Crippen LogP contribution in [0.15, 0.2) is 16.3 Å². The number of halogens is 2. The van der Waals surface area contributed by atoms with E-state index in [0.717, 1.165) is 4.88 Å². The zero-order valence-corrected chi connectivity index (χ0v) is 13.0. The summed E-state index contributed by atoms with van der Waals surface area (Å²) in [6.07, 6.45) is -0.187. The molecule has 0 amide bonds. The van der Waals surface area contributed by atoms with Crippen molar-refractivity contribution in [1.29, 1.82) is 0 Å². The molecular weight excluding hydrogens is 322 g/mol. The molecule has 1 heterocycles. The zero-order valence-electron chi connectivity index (χ0n) is 11.3. The van der Waals surface area contributed by atoms with E-state index in [0.29, 0.717) is 12.6 Å². The number of thiophene rings is 1. The monoisotopic (exact) mass is 340 g/mol. The molecule has 2 rings (SSSR count). The Labute approximate surface area is 126 Å². The number of hydrogen-bond donors (Lipinski definition) is 2. The molecule has 0 radical (unpaired) electrons. The fourth-order valence-corrected chi connectivity index (χ4v) is 3.87. The first-order chi connectivity index (χ1) is 9.97. The predicted molar refractivity (Wildman–Crippen MR) is 76.2 cm³/mol. The van der Waals surface area contributed by atoms with Crippen LogP contribution in [-0.4, -0.2) is 40.6 Å². The van der Waals surface area contributed by atoms with Gasteiger partial charge in [0.1, 0.15) is 6.61 Å². The van der Waals surface area contributed by atoms with E-state index in [9.17, 15) is 17.2 Å². The summed E-state index contributed by atoms with van der Waals surface area (Å²) in [6, 6.07) is 2.19. The molecule has 1 aliphatic rings. The van der Waals surface area contributed by atoms with Gasteiger partial charge in [-0.25, -0.2) is 21.9 Å². The van der Waals surface area contributed by atoms with Gasteiger partial charge in [0, 0.05) is 29.4 Å². The molecule has 2 N–H and O–H groups in total. The van der Waals surface area contributed by atoms with Gasteiger partial charge < -0.3 is 10.1 Å². The van der Waals surface area contributed by atoms with E-state index >= 15 is 0 Å². The molecular formula is C12H18F2N2O3S2. The lowest BCUT2D eigenvalue weighted by atomic mass is 10.4. The second-order valence-electron chi connectivity index (χ2n) is 4.77. The molecule has 0 aromatic carbocycles. The third-order valence-electron chi connectivity index (χ3n) is 2.86. The molecule has 1 fully saturated rings. The summed E-state index contributed by atoms with van der Waals surface area (Å²) in [5.74, 6) is 0. The van der Waals surface area contributed by atoms with E-state index < -0.39 is 23.1 Å². The van der Waals surface area contributed by atoms with Gasteiger partial charge in [-0.1, -0.05) is 0 Å². The summed E-state index contributed by atoms with van der Waals surface area (Å²) >= 11 is 1.38. The van der Waals surface area contributed by atoms with Gasteiger partial charge in [0.25, 0.3) is 6.43 Å². The highest BCUT2D eigenvalue weighted by Crippen LogP contribution is 2.22. The number of sulfonamides is 1. The van der Waals surface area contributed by atoms with Crippen LogP contribution in [0.25, 0.3) is 0 Å². The summed E-state index contributed by atoms with van der Waals surface area (Å²) in [4.78, 5) is 1.16. The third kappa shape index (κ3) is 5.95. The van der Waals surface area contributed by atoms with E-state index in [2.05, 4.69) is 14.8 Å². The maximum atomic E-state index is 12.0. The standard InChI is InChI=1S/C12H18F2N2O3S2/c13-12(14)7-19-4-3-16-21(17,18)11-5-10(20-8-11)6-15-9-1-2-9/h5,8-9,12,15-16H,1-4,6-7H2. The van der Waals surface area contributed by atoms with Crippen molar-refractivity contribution in [2.75, 3.05) is 19.8 Å². The first-order valence-electron chi connectivity index (χ1n) is 6.64. The highest BCUT2D eigenvalue weighted by Gasteiger charge is 2.21. The number of rotatable bonds is 10. The molecule has 120 valence electrons. The number of nitrogens with one attached hydrogen (secondary N) is 2. The van der Waals surface area contributed by atoms with Crippen molar-refractivity contribution in [3.63, 3.8) is 0 Å². The van der Waals surface area contributed by atoms with Gasteiger partial charge in [-0.2, -0.15) is 0 Å². The van der Waals surface area contributed by atoms with Crippen molar-refractivity contribution in [2.45, 2.75) is 36.7 Å². The first kappa shape index (κ1) is 16.8. The Balaban J connectivity index is 1.75. The van der Waals surface area contributed by atoms with Crippen molar-refractivity contribution in [1.82, 2.24) is 10.0 Å². The van der Waals surface area contributed by atoms with Gasteiger partial charge >= 0.3 is 0 Å². The summed E-state index contributed by atoms with van der Waals surface area (Å²) in [7, 11) is -3.60. The molecule has 1 aromatic rings. The maximum absolute atomic E-state index is 12.0. The summed E-state index contributed by atoms with van der Waals surface area (Å²) in [6.45, 7) is -0.121. The minimum atomic E-state index is -3.60. The van der Waals surface area contributed by atoms with Gasteiger partial charge in [-0.15, -0.1) is 11.3 Å². The van der Waals surface area contributed by atoms with E-state index in [-0.39, 0.29) is 18.0 Å². The topological polar surface area (TPSA) is 67.4 Å². The Bertz CT molecular complexity index is 544. The van der Waals surface area contributed by atoms with Crippen LogP contribution in [0.2, 0.25) is 0 Å². The van der Waals surface area contributed by atoms with Crippen LogP contribution >= 0.6 is 11.3 Å². The van der Waals surface area contributed by atoms with Crippen molar-refractivity contribution in [2.24, 2.45) is 0 Å². The Morgan fingerprint density at radius 2 is 2.19 bits per heavy atom. The number of hydrogen-bond acceptors (Lipinski definition) is 5. The molecule has 1 saturated carbocycles. The van der Waals surface area contributed by atoms with Gasteiger partial charge in [0.2, 0.25) is 10.0 Å². The molecule has 0 unspecified atom stereocenters. The van der Waals surface area contributed by atoms with E-state index in [1.165, 1.54) is 24.2 Å².